The summed E-state index contributed by atoms with van der Waals surface area (Å²) < 4.78 is 5.83. The third-order valence-corrected chi connectivity index (χ3v) is 4.86. The Kier molecular flexibility index (Phi) is 7.96. The van der Waals surface area contributed by atoms with E-state index in [9.17, 15) is 9.59 Å². The molecule has 0 bridgehead atoms. The maximum absolute atomic E-state index is 12.3. The van der Waals surface area contributed by atoms with Gasteiger partial charge in [-0.2, -0.15) is 0 Å². The molecule has 0 aliphatic carbocycles. The van der Waals surface area contributed by atoms with Crippen LogP contribution in [0.4, 0.5) is 0 Å². The Morgan fingerprint density at radius 2 is 1.42 bits per heavy atom. The van der Waals surface area contributed by atoms with Crippen LogP contribution >= 0.6 is 0 Å². The molecule has 2 N–H and O–H groups in total. The number of hydrogen-bond acceptors (Lipinski definition) is 3. The predicted octanol–water partition coefficient (Wildman–Crippen LogP) is 4.07. The van der Waals surface area contributed by atoms with Crippen LogP contribution < -0.4 is 10.6 Å². The van der Waals surface area contributed by atoms with Gasteiger partial charge >= 0.3 is 0 Å². The van der Waals surface area contributed by atoms with Crippen molar-refractivity contribution in [3.05, 3.63) is 106 Å². The van der Waals surface area contributed by atoms with Gasteiger partial charge in [0.05, 0.1) is 19.8 Å². The number of amides is 2. The minimum absolute atomic E-state index is 0.0709. The molecule has 0 aromatic heterocycles. The summed E-state index contributed by atoms with van der Waals surface area (Å²) in [5.74, 6) is -0.491. The maximum Gasteiger partial charge on any atom is 0.251 e. The molecule has 0 radical (unpaired) electrons. The first-order chi connectivity index (χ1) is 15.0. The fourth-order valence-electron chi connectivity index (χ4n) is 3.35. The molecule has 5 heteroatoms. The van der Waals surface area contributed by atoms with E-state index in [2.05, 4.69) is 10.6 Å². The van der Waals surface area contributed by atoms with Gasteiger partial charge < -0.3 is 15.4 Å². The highest BCUT2D eigenvalue weighted by Crippen LogP contribution is 2.12. The van der Waals surface area contributed by atoms with E-state index in [-0.39, 0.29) is 18.4 Å². The van der Waals surface area contributed by atoms with Gasteiger partial charge in [0.1, 0.15) is 0 Å². The van der Waals surface area contributed by atoms with E-state index < -0.39 is 0 Å². The van der Waals surface area contributed by atoms with Crippen molar-refractivity contribution in [2.24, 2.45) is 0 Å². The fourth-order valence-corrected chi connectivity index (χ4v) is 3.35. The molecule has 3 rings (SSSR count). The van der Waals surface area contributed by atoms with Gasteiger partial charge in [-0.05, 0) is 42.7 Å². The van der Waals surface area contributed by atoms with E-state index in [0.29, 0.717) is 25.3 Å². The number of ether oxygens (including phenoxy) is 1. The minimum atomic E-state index is -0.253. The average molecular weight is 417 g/mol. The van der Waals surface area contributed by atoms with E-state index in [1.807, 2.05) is 86.6 Å². The van der Waals surface area contributed by atoms with Gasteiger partial charge in [0, 0.05) is 12.1 Å². The molecule has 0 aliphatic heterocycles. The van der Waals surface area contributed by atoms with Crippen molar-refractivity contribution >= 4 is 11.8 Å². The van der Waals surface area contributed by atoms with Crippen LogP contribution in [0.1, 0.15) is 38.2 Å². The first-order valence-corrected chi connectivity index (χ1v) is 10.3. The topological polar surface area (TPSA) is 67.4 Å². The van der Waals surface area contributed by atoms with Crippen LogP contribution in [-0.2, 0) is 29.3 Å². The smallest absolute Gasteiger partial charge is 0.251 e. The molecule has 0 aliphatic rings. The van der Waals surface area contributed by atoms with Crippen LogP contribution in [0.3, 0.4) is 0 Å². The predicted molar refractivity (Wildman–Crippen MR) is 121 cm³/mol. The number of hydrogen-bond donors (Lipinski definition) is 2. The quantitative estimate of drug-likeness (QED) is 0.553. The van der Waals surface area contributed by atoms with Crippen molar-refractivity contribution < 1.29 is 14.3 Å². The van der Waals surface area contributed by atoms with Crippen LogP contribution in [0, 0.1) is 13.8 Å². The summed E-state index contributed by atoms with van der Waals surface area (Å²) in [7, 11) is 0. The van der Waals surface area contributed by atoms with Gasteiger partial charge in [0.25, 0.3) is 5.91 Å². The Morgan fingerprint density at radius 3 is 2.13 bits per heavy atom. The van der Waals surface area contributed by atoms with Crippen LogP contribution in [0.25, 0.3) is 0 Å². The van der Waals surface area contributed by atoms with Crippen LogP contribution in [-0.4, -0.2) is 18.4 Å². The third kappa shape index (κ3) is 7.08. The molecule has 0 heterocycles. The summed E-state index contributed by atoms with van der Waals surface area (Å²) in [5.41, 5.74) is 5.72. The van der Waals surface area contributed by atoms with Gasteiger partial charge in [0.2, 0.25) is 5.91 Å². The second kappa shape index (κ2) is 11.1. The highest BCUT2D eigenvalue weighted by Gasteiger charge is 2.10. The van der Waals surface area contributed by atoms with Gasteiger partial charge in [0.15, 0.2) is 0 Å². The minimum Gasteiger partial charge on any atom is -0.372 e. The monoisotopic (exact) mass is 416 g/mol. The highest BCUT2D eigenvalue weighted by atomic mass is 16.5. The summed E-state index contributed by atoms with van der Waals surface area (Å²) in [6, 6.07) is 23.5. The van der Waals surface area contributed by atoms with Crippen molar-refractivity contribution in [1.29, 1.82) is 0 Å². The molecule has 3 aromatic rings. The standard InChI is InChI=1S/C26H28N2O3/c1-19-12-20(2)14-24(13-19)26(30)28-16-25(29)27-15-22-10-6-7-11-23(22)18-31-17-21-8-4-3-5-9-21/h3-14H,15-18H2,1-2H3,(H,27,29)(H,28,30). The Bertz CT molecular complexity index is 1010. The lowest BCUT2D eigenvalue weighted by Gasteiger charge is -2.12. The number of nitrogens with one attached hydrogen (secondary N) is 2. The molecular formula is C26H28N2O3. The second-order valence-corrected chi connectivity index (χ2v) is 7.58. The lowest BCUT2D eigenvalue weighted by molar-refractivity contribution is -0.120. The molecule has 2 amide bonds. The first-order valence-electron chi connectivity index (χ1n) is 10.3. The Balaban J connectivity index is 1.47. The summed E-state index contributed by atoms with van der Waals surface area (Å²) in [4.78, 5) is 24.5. The molecule has 0 saturated carbocycles. The lowest BCUT2D eigenvalue weighted by Crippen LogP contribution is -2.36. The summed E-state index contributed by atoms with van der Waals surface area (Å²) in [6.07, 6.45) is 0. The molecule has 5 nitrogen and oxygen atoms in total. The number of carbonyl (C=O) groups excluding carboxylic acids is 2. The Morgan fingerprint density at radius 1 is 0.774 bits per heavy atom. The molecule has 160 valence electrons. The zero-order chi connectivity index (χ0) is 22.1. The van der Waals surface area contributed by atoms with Gasteiger partial charge in [-0.3, -0.25) is 9.59 Å². The normalized spacial score (nSPS) is 10.5. The van der Waals surface area contributed by atoms with Gasteiger partial charge in [-0.1, -0.05) is 71.8 Å². The highest BCUT2D eigenvalue weighted by molar-refractivity contribution is 5.96. The largest absolute Gasteiger partial charge is 0.372 e. The van der Waals surface area contributed by atoms with E-state index in [1.54, 1.807) is 0 Å². The molecule has 3 aromatic carbocycles. The van der Waals surface area contributed by atoms with Gasteiger partial charge in [-0.15, -0.1) is 0 Å². The van der Waals surface area contributed by atoms with Crippen LogP contribution in [0.5, 0.6) is 0 Å². The second-order valence-electron chi connectivity index (χ2n) is 7.58. The zero-order valence-electron chi connectivity index (χ0n) is 18.0. The molecule has 0 spiro atoms. The number of benzene rings is 3. The number of carbonyl (C=O) groups is 2. The van der Waals surface area contributed by atoms with E-state index in [1.165, 1.54) is 0 Å². The molecule has 31 heavy (non-hydrogen) atoms. The SMILES string of the molecule is Cc1cc(C)cc(C(=O)NCC(=O)NCc2ccccc2COCc2ccccc2)c1. The summed E-state index contributed by atoms with van der Waals surface area (Å²) in [6.45, 7) is 5.19. The van der Waals surface area contributed by atoms with Crippen LogP contribution in [0.2, 0.25) is 0 Å². The zero-order valence-corrected chi connectivity index (χ0v) is 18.0. The molecule has 0 atom stereocenters. The van der Waals surface area contributed by atoms with E-state index >= 15 is 0 Å². The maximum atomic E-state index is 12.3. The lowest BCUT2D eigenvalue weighted by atomic mass is 10.1. The first kappa shape index (κ1) is 22.2. The number of rotatable bonds is 9. The summed E-state index contributed by atoms with van der Waals surface area (Å²) >= 11 is 0. The van der Waals surface area contributed by atoms with Crippen molar-refractivity contribution in [3.8, 4) is 0 Å². The molecule has 0 unspecified atom stereocenters. The Hall–Kier alpha value is -3.44. The molecule has 0 fully saturated rings. The van der Waals surface area contributed by atoms with Crippen LogP contribution in [0.15, 0.2) is 72.8 Å². The molecular weight excluding hydrogens is 388 g/mol. The number of aryl methyl sites for hydroxylation is 2. The van der Waals surface area contributed by atoms with Crippen molar-refractivity contribution in [2.75, 3.05) is 6.54 Å². The third-order valence-electron chi connectivity index (χ3n) is 4.86. The van der Waals surface area contributed by atoms with E-state index in [0.717, 1.165) is 27.8 Å². The Labute approximate surface area is 183 Å². The van der Waals surface area contributed by atoms with Crippen molar-refractivity contribution in [3.63, 3.8) is 0 Å². The molecule has 0 saturated heterocycles. The fraction of sp³-hybridized carbons (Fsp3) is 0.231. The average Bonchev–Trinajstić information content (AvgIpc) is 2.77. The van der Waals surface area contributed by atoms with E-state index in [4.69, 9.17) is 4.74 Å². The van der Waals surface area contributed by atoms with Crippen molar-refractivity contribution in [2.45, 2.75) is 33.6 Å². The van der Waals surface area contributed by atoms with Crippen molar-refractivity contribution in [1.82, 2.24) is 10.6 Å². The summed E-state index contributed by atoms with van der Waals surface area (Å²) in [5, 5.41) is 5.55. The van der Waals surface area contributed by atoms with Gasteiger partial charge in [-0.25, -0.2) is 0 Å².